The summed E-state index contributed by atoms with van der Waals surface area (Å²) in [7, 11) is -3.68. The van der Waals surface area contributed by atoms with E-state index in [0.29, 0.717) is 12.4 Å². The third-order valence-electron chi connectivity index (χ3n) is 3.23. The second-order valence-electron chi connectivity index (χ2n) is 5.07. The van der Waals surface area contributed by atoms with Gasteiger partial charge in [0, 0.05) is 18.7 Å². The number of hydrogen-bond acceptors (Lipinski definition) is 4. The predicted molar refractivity (Wildman–Crippen MR) is 91.5 cm³/mol. The van der Waals surface area contributed by atoms with Gasteiger partial charge in [-0.3, -0.25) is 4.79 Å². The molecule has 0 fully saturated rings. The molecule has 2 N–H and O–H groups in total. The molecular formula is C17H19FN2O4S. The van der Waals surface area contributed by atoms with Gasteiger partial charge in [0.25, 0.3) is 5.91 Å². The molecule has 0 aliphatic carbocycles. The van der Waals surface area contributed by atoms with E-state index in [1.165, 1.54) is 30.3 Å². The first-order valence-electron chi connectivity index (χ1n) is 7.68. The summed E-state index contributed by atoms with van der Waals surface area (Å²) in [5.41, 5.74) is 0.175. The van der Waals surface area contributed by atoms with E-state index in [2.05, 4.69) is 10.0 Å². The van der Waals surface area contributed by atoms with E-state index >= 15 is 0 Å². The van der Waals surface area contributed by atoms with E-state index in [9.17, 15) is 17.6 Å². The van der Waals surface area contributed by atoms with Crippen LogP contribution in [0.4, 0.5) is 4.39 Å². The van der Waals surface area contributed by atoms with Crippen LogP contribution in [0.15, 0.2) is 53.4 Å². The molecule has 6 nitrogen and oxygen atoms in total. The molecule has 1 amide bonds. The minimum atomic E-state index is -3.68. The Morgan fingerprint density at radius 2 is 1.84 bits per heavy atom. The van der Waals surface area contributed by atoms with Gasteiger partial charge in [0.2, 0.25) is 10.0 Å². The van der Waals surface area contributed by atoms with Crippen LogP contribution in [0, 0.1) is 5.82 Å². The smallest absolute Gasteiger partial charge is 0.251 e. The molecule has 0 saturated carbocycles. The second-order valence-corrected chi connectivity index (χ2v) is 6.84. The molecule has 0 bridgehead atoms. The topological polar surface area (TPSA) is 84.5 Å². The molecule has 2 aromatic carbocycles. The molecule has 0 spiro atoms. The van der Waals surface area contributed by atoms with E-state index in [1.54, 1.807) is 12.1 Å². The normalized spacial score (nSPS) is 11.1. The Bertz CT molecular complexity index is 823. The number of hydrogen-bond donors (Lipinski definition) is 2. The number of carbonyl (C=O) groups excluding carboxylic acids is 1. The lowest BCUT2D eigenvalue weighted by molar-refractivity contribution is 0.0954. The summed E-state index contributed by atoms with van der Waals surface area (Å²) >= 11 is 0. The lowest BCUT2D eigenvalue weighted by Gasteiger charge is -2.09. The van der Waals surface area contributed by atoms with Crippen molar-refractivity contribution in [1.29, 1.82) is 0 Å². The summed E-state index contributed by atoms with van der Waals surface area (Å²) < 4.78 is 45.0. The molecule has 0 radical (unpaired) electrons. The number of ether oxygens (including phenoxy) is 1. The van der Waals surface area contributed by atoms with Gasteiger partial charge >= 0.3 is 0 Å². The Morgan fingerprint density at radius 1 is 1.12 bits per heavy atom. The fourth-order valence-electron chi connectivity index (χ4n) is 2.06. The maximum absolute atomic E-state index is 13.1. The fraction of sp³-hybridized carbons (Fsp3) is 0.235. The first-order valence-corrected chi connectivity index (χ1v) is 9.17. The predicted octanol–water partition coefficient (Wildman–Crippen LogP) is 1.93. The average Bonchev–Trinajstić information content (AvgIpc) is 2.59. The summed E-state index contributed by atoms with van der Waals surface area (Å²) in [5.74, 6) is -0.396. The van der Waals surface area contributed by atoms with Crippen LogP contribution < -0.4 is 14.8 Å². The third kappa shape index (κ3) is 5.54. The number of benzene rings is 2. The van der Waals surface area contributed by atoms with Gasteiger partial charge in [-0.15, -0.1) is 0 Å². The maximum atomic E-state index is 13.1. The molecule has 2 rings (SSSR count). The van der Waals surface area contributed by atoms with E-state index in [0.717, 1.165) is 6.07 Å². The molecule has 0 saturated heterocycles. The molecule has 0 heterocycles. The van der Waals surface area contributed by atoms with Crippen LogP contribution in [0.1, 0.15) is 17.3 Å². The highest BCUT2D eigenvalue weighted by atomic mass is 32.2. The molecule has 0 aliphatic rings. The zero-order chi connectivity index (χ0) is 18.3. The van der Waals surface area contributed by atoms with Crippen LogP contribution in [-0.2, 0) is 10.0 Å². The van der Waals surface area contributed by atoms with Crippen LogP contribution >= 0.6 is 0 Å². The molecule has 134 valence electrons. The number of rotatable bonds is 8. The van der Waals surface area contributed by atoms with Crippen molar-refractivity contribution in [2.45, 2.75) is 11.8 Å². The lowest BCUT2D eigenvalue weighted by Crippen LogP contribution is -2.34. The van der Waals surface area contributed by atoms with Gasteiger partial charge in [-0.2, -0.15) is 0 Å². The third-order valence-corrected chi connectivity index (χ3v) is 4.71. The van der Waals surface area contributed by atoms with Gasteiger partial charge in [-0.05, 0) is 49.4 Å². The van der Waals surface area contributed by atoms with Gasteiger partial charge in [0.15, 0.2) is 0 Å². The summed E-state index contributed by atoms with van der Waals surface area (Å²) in [4.78, 5) is 11.9. The van der Waals surface area contributed by atoms with E-state index in [1.807, 2.05) is 6.92 Å². The van der Waals surface area contributed by atoms with Crippen molar-refractivity contribution in [3.63, 3.8) is 0 Å². The highest BCUT2D eigenvalue weighted by Gasteiger charge is 2.13. The monoisotopic (exact) mass is 366 g/mol. The Morgan fingerprint density at radius 3 is 2.48 bits per heavy atom. The number of halogens is 1. The molecule has 25 heavy (non-hydrogen) atoms. The van der Waals surface area contributed by atoms with Gasteiger partial charge in [-0.25, -0.2) is 17.5 Å². The Kier molecular flexibility index (Phi) is 6.49. The number of amides is 1. The van der Waals surface area contributed by atoms with E-state index < -0.39 is 21.7 Å². The Balaban J connectivity index is 1.84. The fourth-order valence-corrected chi connectivity index (χ4v) is 3.09. The zero-order valence-corrected chi connectivity index (χ0v) is 14.5. The zero-order valence-electron chi connectivity index (χ0n) is 13.7. The van der Waals surface area contributed by atoms with Crippen molar-refractivity contribution in [3.8, 4) is 5.75 Å². The van der Waals surface area contributed by atoms with Crippen molar-refractivity contribution >= 4 is 15.9 Å². The molecule has 0 atom stereocenters. The van der Waals surface area contributed by atoms with Crippen molar-refractivity contribution < 1.29 is 22.3 Å². The number of nitrogens with one attached hydrogen (secondary N) is 2. The van der Waals surface area contributed by atoms with Gasteiger partial charge < -0.3 is 10.1 Å². The lowest BCUT2D eigenvalue weighted by atomic mass is 10.2. The summed E-state index contributed by atoms with van der Waals surface area (Å²) in [6.07, 6.45) is 0. The number of sulfonamides is 1. The van der Waals surface area contributed by atoms with Gasteiger partial charge in [0.1, 0.15) is 11.6 Å². The first-order chi connectivity index (χ1) is 11.9. The maximum Gasteiger partial charge on any atom is 0.251 e. The van der Waals surface area contributed by atoms with Gasteiger partial charge in [-0.1, -0.05) is 6.07 Å². The van der Waals surface area contributed by atoms with Crippen molar-refractivity contribution in [2.24, 2.45) is 0 Å². The highest BCUT2D eigenvalue weighted by Crippen LogP contribution is 2.15. The second kappa shape index (κ2) is 8.59. The molecule has 8 heteroatoms. The molecular weight excluding hydrogens is 347 g/mol. The largest absolute Gasteiger partial charge is 0.494 e. The Hall–Kier alpha value is -2.45. The van der Waals surface area contributed by atoms with Crippen molar-refractivity contribution in [2.75, 3.05) is 19.7 Å². The molecule has 2 aromatic rings. The van der Waals surface area contributed by atoms with Crippen LogP contribution in [0.25, 0.3) is 0 Å². The number of carbonyl (C=O) groups is 1. The van der Waals surface area contributed by atoms with E-state index in [4.69, 9.17) is 4.74 Å². The van der Waals surface area contributed by atoms with Crippen LogP contribution in [0.5, 0.6) is 5.75 Å². The highest BCUT2D eigenvalue weighted by molar-refractivity contribution is 7.89. The summed E-state index contributed by atoms with van der Waals surface area (Å²) in [5, 5.41) is 2.52. The summed E-state index contributed by atoms with van der Waals surface area (Å²) in [6.45, 7) is 2.42. The average molecular weight is 366 g/mol. The van der Waals surface area contributed by atoms with Crippen molar-refractivity contribution in [1.82, 2.24) is 10.0 Å². The van der Waals surface area contributed by atoms with E-state index in [-0.39, 0.29) is 23.5 Å². The van der Waals surface area contributed by atoms with Crippen LogP contribution in [0.2, 0.25) is 0 Å². The first kappa shape index (κ1) is 18.9. The molecule has 0 aliphatic heterocycles. The van der Waals surface area contributed by atoms with Crippen molar-refractivity contribution in [3.05, 3.63) is 59.9 Å². The van der Waals surface area contributed by atoms with Gasteiger partial charge in [0.05, 0.1) is 11.5 Å². The standard InChI is InChI=1S/C17H19FN2O4S/c1-2-24-15-6-8-16(9-7-15)25(22,23)20-11-10-19-17(21)13-4-3-5-14(18)12-13/h3-9,12,20H,2,10-11H2,1H3,(H,19,21). The molecule has 0 unspecified atom stereocenters. The molecule has 0 aromatic heterocycles. The Labute approximate surface area is 146 Å². The minimum absolute atomic E-state index is 0.0105. The minimum Gasteiger partial charge on any atom is -0.494 e. The summed E-state index contributed by atoms with van der Waals surface area (Å²) in [6, 6.07) is 11.3. The van der Waals surface area contributed by atoms with Crippen LogP contribution in [-0.4, -0.2) is 34.0 Å². The quantitative estimate of drug-likeness (QED) is 0.699. The van der Waals surface area contributed by atoms with Crippen LogP contribution in [0.3, 0.4) is 0 Å². The SMILES string of the molecule is CCOc1ccc(S(=O)(=O)NCCNC(=O)c2cccc(F)c2)cc1.